The maximum atomic E-state index is 12.3. The molecule has 1 N–H and O–H groups in total. The van der Waals surface area contributed by atoms with Crippen molar-refractivity contribution in [1.82, 2.24) is 5.32 Å². The molecule has 1 aliphatic carbocycles. The average Bonchev–Trinajstić information content (AvgIpc) is 3.61. The Morgan fingerprint density at radius 2 is 1.67 bits per heavy atom. The van der Waals surface area contributed by atoms with Crippen LogP contribution >= 0.6 is 0 Å². The lowest BCUT2D eigenvalue weighted by Crippen LogP contribution is -2.40. The third kappa shape index (κ3) is 20.9. The molecular weight excluding hydrogens is 632 g/mol. The monoisotopic (exact) mass is 690 g/mol. The predicted molar refractivity (Wildman–Crippen MR) is 187 cm³/mol. The Labute approximate surface area is 291 Å². The smallest absolute Gasteiger partial charge is 0.338 e. The van der Waals surface area contributed by atoms with Crippen molar-refractivity contribution in [2.24, 2.45) is 5.92 Å². The van der Waals surface area contributed by atoms with Gasteiger partial charge in [0.15, 0.2) is 11.5 Å². The molecule has 1 aromatic carbocycles. The first-order chi connectivity index (χ1) is 23.6. The number of unbranched alkanes of at least 4 members (excludes halogenated alkanes) is 6. The van der Waals surface area contributed by atoms with Gasteiger partial charge in [0.1, 0.15) is 11.8 Å². The fourth-order valence-corrected chi connectivity index (χ4v) is 5.30. The van der Waals surface area contributed by atoms with Gasteiger partial charge in [-0.2, -0.15) is 0 Å². The zero-order valence-electron chi connectivity index (χ0n) is 30.0. The summed E-state index contributed by atoms with van der Waals surface area (Å²) in [6.45, 7) is 5.63. The Morgan fingerprint density at radius 1 is 0.959 bits per heavy atom. The van der Waals surface area contributed by atoms with Gasteiger partial charge in [0.05, 0.1) is 25.9 Å². The molecule has 12 nitrogen and oxygen atoms in total. The van der Waals surface area contributed by atoms with Crippen LogP contribution in [0.5, 0.6) is 11.5 Å². The molecular formula is C37H58N2O10. The van der Waals surface area contributed by atoms with E-state index in [4.69, 9.17) is 14.2 Å². The quantitative estimate of drug-likeness (QED) is 0.0282. The topological polar surface area (TPSA) is 160 Å². The number of amides is 1. The first-order valence-corrected chi connectivity index (χ1v) is 17.9. The van der Waals surface area contributed by atoms with Crippen LogP contribution in [0.15, 0.2) is 30.4 Å². The van der Waals surface area contributed by atoms with E-state index in [0.717, 1.165) is 31.6 Å². The number of esters is 2. The molecule has 0 aliphatic heterocycles. The lowest BCUT2D eigenvalue weighted by molar-refractivity contribution is -0.757. The Hall–Kier alpha value is -3.96. The molecule has 1 atom stereocenters. The number of methoxy groups -OCH3 is 1. The number of benzene rings is 1. The number of rotatable bonds is 24. The minimum Gasteiger partial charge on any atom is -0.493 e. The lowest BCUT2D eigenvalue weighted by atomic mass is 9.98. The Bertz CT molecular complexity index is 1160. The Morgan fingerprint density at radius 3 is 2.35 bits per heavy atom. The van der Waals surface area contributed by atoms with Gasteiger partial charge in [-0.25, -0.2) is 9.59 Å². The number of allylic oxidation sites excluding steroid dienone is 2. The van der Waals surface area contributed by atoms with Gasteiger partial charge in [0.2, 0.25) is 5.91 Å². The maximum absolute atomic E-state index is 12.3. The molecule has 0 radical (unpaired) electrons. The molecule has 1 aliphatic rings. The SMILES string of the molecule is C/C=C\CCCC(=O)NC(C)C(=O)Oc1ccc(C(=O)OCCCCO[N+](=O)[O-])cc1OC.CCCCCCCC(=O)CCC1CCCC1. The summed E-state index contributed by atoms with van der Waals surface area (Å²) in [7, 11) is 1.35. The molecule has 1 saturated carbocycles. The zero-order valence-corrected chi connectivity index (χ0v) is 30.0. The number of hydrogen-bond donors (Lipinski definition) is 1. The van der Waals surface area contributed by atoms with Crippen molar-refractivity contribution in [3.05, 3.63) is 46.0 Å². The third-order valence-corrected chi connectivity index (χ3v) is 8.19. The summed E-state index contributed by atoms with van der Waals surface area (Å²) in [5.74, 6) is 0.0703. The minimum absolute atomic E-state index is 0.0604. The normalized spacial score (nSPS) is 13.2. The van der Waals surface area contributed by atoms with Crippen molar-refractivity contribution >= 4 is 23.6 Å². The van der Waals surface area contributed by atoms with E-state index in [2.05, 4.69) is 17.1 Å². The van der Waals surface area contributed by atoms with Gasteiger partial charge in [-0.05, 0) is 76.5 Å². The first-order valence-electron chi connectivity index (χ1n) is 17.9. The predicted octanol–water partition coefficient (Wildman–Crippen LogP) is 7.88. The molecule has 0 bridgehead atoms. The van der Waals surface area contributed by atoms with Gasteiger partial charge < -0.3 is 24.4 Å². The summed E-state index contributed by atoms with van der Waals surface area (Å²) in [6, 6.07) is 3.30. The summed E-state index contributed by atoms with van der Waals surface area (Å²) in [5, 5.41) is 11.8. The van der Waals surface area contributed by atoms with E-state index < -0.39 is 23.1 Å². The average molecular weight is 691 g/mol. The van der Waals surface area contributed by atoms with Gasteiger partial charge in [-0.3, -0.25) is 9.59 Å². The van der Waals surface area contributed by atoms with E-state index in [1.807, 2.05) is 19.1 Å². The van der Waals surface area contributed by atoms with Crippen molar-refractivity contribution in [2.45, 2.75) is 136 Å². The van der Waals surface area contributed by atoms with Gasteiger partial charge in [0.25, 0.3) is 5.09 Å². The third-order valence-electron chi connectivity index (χ3n) is 8.19. The summed E-state index contributed by atoms with van der Waals surface area (Å²) in [6.07, 6.45) is 21.1. The van der Waals surface area contributed by atoms with Crippen LogP contribution in [0.3, 0.4) is 0 Å². The number of hydrogen-bond acceptors (Lipinski definition) is 10. The van der Waals surface area contributed by atoms with Crippen LogP contribution in [0, 0.1) is 16.0 Å². The van der Waals surface area contributed by atoms with Crippen LogP contribution in [-0.4, -0.2) is 55.1 Å². The number of carbonyl (C=O) groups excluding carboxylic acids is 4. The highest BCUT2D eigenvalue weighted by atomic mass is 16.9. The van der Waals surface area contributed by atoms with Crippen LogP contribution in [0.1, 0.15) is 140 Å². The second kappa shape index (κ2) is 26.9. The first kappa shape index (κ1) is 43.1. The van der Waals surface area contributed by atoms with Crippen LogP contribution in [0.4, 0.5) is 0 Å². The van der Waals surface area contributed by atoms with Crippen molar-refractivity contribution < 1.29 is 43.3 Å². The lowest BCUT2D eigenvalue weighted by Gasteiger charge is -2.15. The number of carbonyl (C=O) groups is 4. The number of ether oxygens (including phenoxy) is 3. The summed E-state index contributed by atoms with van der Waals surface area (Å²) in [5.41, 5.74) is 0.177. The minimum atomic E-state index is -0.881. The molecule has 0 saturated heterocycles. The van der Waals surface area contributed by atoms with Gasteiger partial charge in [-0.15, -0.1) is 10.1 Å². The van der Waals surface area contributed by atoms with Crippen LogP contribution < -0.4 is 14.8 Å². The van der Waals surface area contributed by atoms with E-state index in [1.54, 1.807) is 0 Å². The maximum Gasteiger partial charge on any atom is 0.338 e. The molecule has 1 amide bonds. The van der Waals surface area contributed by atoms with E-state index in [1.165, 1.54) is 90.0 Å². The largest absolute Gasteiger partial charge is 0.493 e. The summed E-state index contributed by atoms with van der Waals surface area (Å²) >= 11 is 0. The highest BCUT2D eigenvalue weighted by Crippen LogP contribution is 2.30. The Kier molecular flexibility index (Phi) is 23.7. The van der Waals surface area contributed by atoms with Gasteiger partial charge in [-0.1, -0.05) is 70.4 Å². The summed E-state index contributed by atoms with van der Waals surface area (Å²) in [4.78, 5) is 62.3. The Balaban J connectivity index is 0.000000624. The molecule has 1 fully saturated rings. The van der Waals surface area contributed by atoms with Crippen molar-refractivity contribution in [2.75, 3.05) is 20.3 Å². The number of nitrogens with one attached hydrogen (secondary N) is 1. The van der Waals surface area contributed by atoms with Crippen LogP contribution in [0.25, 0.3) is 0 Å². The van der Waals surface area contributed by atoms with E-state index in [9.17, 15) is 29.3 Å². The number of nitrogens with zero attached hydrogens (tertiary/aromatic N) is 1. The molecule has 49 heavy (non-hydrogen) atoms. The number of Topliss-reactive ketones (excluding diaryl/α,β-unsaturated/α-hetero) is 1. The molecule has 1 unspecified atom stereocenters. The fraction of sp³-hybridized carbons (Fsp3) is 0.676. The number of ketones is 1. The van der Waals surface area contributed by atoms with Gasteiger partial charge in [0, 0.05) is 19.3 Å². The molecule has 276 valence electrons. The highest BCUT2D eigenvalue weighted by molar-refractivity contribution is 5.91. The standard InChI is InChI=1S/C22H30N2O9.C15H28O/c1-4-5-6-7-10-20(25)23-16(2)21(26)33-18-12-11-17(15-19(18)30-3)22(27)31-13-8-9-14-32-24(28)29;1-2-3-4-5-6-11-15(16)13-12-14-9-7-8-10-14/h4-5,11-12,15-16H,6-10,13-14H2,1-3H3,(H,23,25);14H,2-13H2,1H3/b5-4-;. The second-order valence-corrected chi connectivity index (χ2v) is 12.3. The van der Waals surface area contributed by atoms with Crippen molar-refractivity contribution in [3.63, 3.8) is 0 Å². The highest BCUT2D eigenvalue weighted by Gasteiger charge is 2.21. The fourth-order valence-electron chi connectivity index (χ4n) is 5.30. The van der Waals surface area contributed by atoms with E-state index in [0.29, 0.717) is 31.5 Å². The van der Waals surface area contributed by atoms with Crippen molar-refractivity contribution in [3.8, 4) is 11.5 Å². The molecule has 2 rings (SSSR count). The second-order valence-electron chi connectivity index (χ2n) is 12.3. The van der Waals surface area contributed by atoms with Gasteiger partial charge >= 0.3 is 11.9 Å². The molecule has 12 heteroatoms. The molecule has 0 heterocycles. The van der Waals surface area contributed by atoms with Crippen molar-refractivity contribution in [1.29, 1.82) is 0 Å². The van der Waals surface area contributed by atoms with E-state index >= 15 is 0 Å². The summed E-state index contributed by atoms with van der Waals surface area (Å²) < 4.78 is 15.6. The van der Waals surface area contributed by atoms with Crippen LogP contribution in [-0.2, 0) is 24.0 Å². The molecule has 1 aromatic rings. The zero-order chi connectivity index (χ0) is 36.3. The van der Waals surface area contributed by atoms with Crippen LogP contribution in [0.2, 0.25) is 0 Å². The molecule has 0 spiro atoms. The molecule has 0 aromatic heterocycles. The van der Waals surface area contributed by atoms with E-state index in [-0.39, 0.29) is 36.2 Å².